The van der Waals surface area contributed by atoms with Crippen LogP contribution in [0.15, 0.2) is 48.5 Å². The summed E-state index contributed by atoms with van der Waals surface area (Å²) < 4.78 is 20.0. The van der Waals surface area contributed by atoms with Crippen molar-refractivity contribution in [2.75, 3.05) is 24.5 Å². The summed E-state index contributed by atoms with van der Waals surface area (Å²) in [4.78, 5) is 24.5. The lowest BCUT2D eigenvalue weighted by atomic mass is 10.0. The molecule has 30 heavy (non-hydrogen) atoms. The minimum atomic E-state index is -0.553. The van der Waals surface area contributed by atoms with Crippen LogP contribution in [-0.2, 0) is 9.53 Å². The van der Waals surface area contributed by atoms with Gasteiger partial charge in [0.05, 0.1) is 18.8 Å². The van der Waals surface area contributed by atoms with Gasteiger partial charge in [-0.05, 0) is 48.7 Å². The molecule has 7 heteroatoms. The molecule has 1 fully saturated rings. The lowest BCUT2D eigenvalue weighted by molar-refractivity contribution is -0.119. The van der Waals surface area contributed by atoms with Crippen molar-refractivity contribution >= 4 is 23.8 Å². The van der Waals surface area contributed by atoms with Gasteiger partial charge in [0, 0.05) is 12.5 Å². The lowest BCUT2D eigenvalue weighted by Gasteiger charge is -2.14. The molecule has 2 aromatic carbocycles. The van der Waals surface area contributed by atoms with E-state index in [2.05, 4.69) is 11.4 Å². The minimum absolute atomic E-state index is 0.197. The molecule has 0 bridgehead atoms. The van der Waals surface area contributed by atoms with Crippen molar-refractivity contribution in [1.29, 1.82) is 0 Å². The van der Waals surface area contributed by atoms with Gasteiger partial charge < -0.3 is 15.8 Å². The van der Waals surface area contributed by atoms with Gasteiger partial charge >= 0.3 is 6.09 Å². The number of nitrogens with zero attached hydrogens (tertiary/aromatic N) is 1. The molecule has 2 amide bonds. The van der Waals surface area contributed by atoms with E-state index in [9.17, 15) is 14.0 Å². The number of benzene rings is 2. The fourth-order valence-corrected chi connectivity index (χ4v) is 3.23. The molecular formula is C23H26FN3O3. The molecule has 2 aromatic rings. The van der Waals surface area contributed by atoms with Gasteiger partial charge in [-0.15, -0.1) is 0 Å². The maximum atomic E-state index is 14.8. The first kappa shape index (κ1) is 21.5. The van der Waals surface area contributed by atoms with Crippen LogP contribution in [0.4, 0.5) is 14.9 Å². The van der Waals surface area contributed by atoms with E-state index in [1.807, 2.05) is 30.3 Å². The quantitative estimate of drug-likeness (QED) is 0.649. The minimum Gasteiger partial charge on any atom is -0.442 e. The lowest BCUT2D eigenvalue weighted by Crippen LogP contribution is -2.33. The summed E-state index contributed by atoms with van der Waals surface area (Å²) in [5, 5.41) is 2.62. The molecular weight excluding hydrogens is 385 g/mol. The number of carbonyl (C=O) groups is 2. The van der Waals surface area contributed by atoms with Crippen LogP contribution >= 0.6 is 0 Å². The normalized spacial score (nSPS) is 16.2. The van der Waals surface area contributed by atoms with E-state index in [-0.39, 0.29) is 19.0 Å². The predicted molar refractivity (Wildman–Crippen MR) is 115 cm³/mol. The van der Waals surface area contributed by atoms with Crippen molar-refractivity contribution in [2.24, 2.45) is 5.73 Å². The Balaban J connectivity index is 1.69. The summed E-state index contributed by atoms with van der Waals surface area (Å²) in [7, 11) is 0. The highest BCUT2D eigenvalue weighted by Crippen LogP contribution is 2.29. The van der Waals surface area contributed by atoms with E-state index in [4.69, 9.17) is 10.5 Å². The van der Waals surface area contributed by atoms with Gasteiger partial charge in [-0.3, -0.25) is 9.69 Å². The van der Waals surface area contributed by atoms with Crippen LogP contribution in [-0.4, -0.2) is 37.7 Å². The van der Waals surface area contributed by atoms with E-state index < -0.39 is 18.0 Å². The Morgan fingerprint density at radius 3 is 2.73 bits per heavy atom. The molecule has 1 heterocycles. The second-order valence-corrected chi connectivity index (χ2v) is 7.17. The third-order valence-electron chi connectivity index (χ3n) is 4.82. The number of ether oxygens (including phenoxy) is 1. The summed E-state index contributed by atoms with van der Waals surface area (Å²) in [6, 6.07) is 12.3. The molecule has 3 rings (SSSR count). The van der Waals surface area contributed by atoms with Crippen LogP contribution in [0.25, 0.3) is 17.2 Å². The third kappa shape index (κ3) is 5.45. The first-order valence-corrected chi connectivity index (χ1v) is 9.97. The predicted octanol–water partition coefficient (Wildman–Crippen LogP) is 3.71. The number of allylic oxidation sites excluding steroid dienone is 1. The van der Waals surface area contributed by atoms with E-state index in [1.54, 1.807) is 12.1 Å². The van der Waals surface area contributed by atoms with Crippen LogP contribution in [0, 0.1) is 5.82 Å². The van der Waals surface area contributed by atoms with E-state index in [1.165, 1.54) is 17.9 Å². The number of halogens is 1. The highest BCUT2D eigenvalue weighted by Gasteiger charge is 2.32. The van der Waals surface area contributed by atoms with Gasteiger partial charge in [0.25, 0.3) is 0 Å². The van der Waals surface area contributed by atoms with Gasteiger partial charge in [0.15, 0.2) is 0 Å². The van der Waals surface area contributed by atoms with E-state index in [0.717, 1.165) is 24.0 Å². The molecule has 3 N–H and O–H groups in total. The monoisotopic (exact) mass is 411 g/mol. The number of rotatable bonds is 8. The molecule has 0 unspecified atom stereocenters. The van der Waals surface area contributed by atoms with Crippen molar-refractivity contribution in [2.45, 2.75) is 25.9 Å². The maximum absolute atomic E-state index is 14.8. The molecule has 0 radical (unpaired) electrons. The molecule has 6 nitrogen and oxygen atoms in total. The molecule has 1 atom stereocenters. The van der Waals surface area contributed by atoms with Crippen LogP contribution in [0.1, 0.15) is 25.3 Å². The Morgan fingerprint density at radius 1 is 1.30 bits per heavy atom. The van der Waals surface area contributed by atoms with E-state index in [0.29, 0.717) is 17.8 Å². The van der Waals surface area contributed by atoms with Gasteiger partial charge in [-0.25, -0.2) is 9.18 Å². The SMILES string of the molecule is CC(=O)NC[C@H]1CN(c2ccc(-c3ccc(/C=C/CCCN)cc3)c(F)c2)C(=O)O1. The highest BCUT2D eigenvalue weighted by molar-refractivity contribution is 5.90. The second-order valence-electron chi connectivity index (χ2n) is 7.17. The van der Waals surface area contributed by atoms with Crippen molar-refractivity contribution in [3.8, 4) is 11.1 Å². The molecule has 1 saturated heterocycles. The zero-order valence-corrected chi connectivity index (χ0v) is 16.9. The molecule has 0 aliphatic carbocycles. The fraction of sp³-hybridized carbons (Fsp3) is 0.304. The zero-order valence-electron chi connectivity index (χ0n) is 16.9. The van der Waals surface area contributed by atoms with Gasteiger partial charge in [-0.2, -0.15) is 0 Å². The van der Waals surface area contributed by atoms with E-state index >= 15 is 0 Å². The number of hydrogen-bond acceptors (Lipinski definition) is 4. The van der Waals surface area contributed by atoms with Crippen molar-refractivity contribution in [3.05, 3.63) is 59.9 Å². The van der Waals surface area contributed by atoms with Crippen LogP contribution in [0.3, 0.4) is 0 Å². The summed E-state index contributed by atoms with van der Waals surface area (Å²) in [5.41, 5.74) is 8.16. The van der Waals surface area contributed by atoms with Crippen molar-refractivity contribution in [3.63, 3.8) is 0 Å². The van der Waals surface area contributed by atoms with Crippen molar-refractivity contribution < 1.29 is 18.7 Å². The molecule has 1 aliphatic rings. The molecule has 158 valence electrons. The largest absolute Gasteiger partial charge is 0.442 e. The number of nitrogens with two attached hydrogens (primary N) is 1. The number of hydrogen-bond donors (Lipinski definition) is 2. The van der Waals surface area contributed by atoms with Gasteiger partial charge in [0.2, 0.25) is 5.91 Å². The molecule has 0 saturated carbocycles. The van der Waals surface area contributed by atoms with Crippen LogP contribution in [0.2, 0.25) is 0 Å². The summed E-state index contributed by atoms with van der Waals surface area (Å²) in [5.74, 6) is -0.617. The molecule has 1 aliphatic heterocycles. The number of unbranched alkanes of at least 4 members (excludes halogenated alkanes) is 1. The smallest absolute Gasteiger partial charge is 0.414 e. The standard InChI is InChI=1S/C23H26FN3O3/c1-16(28)26-14-20-15-27(23(29)30-20)19-10-11-21(22(24)13-19)18-8-6-17(7-9-18)5-3-2-4-12-25/h3,5-11,13,20H,2,4,12,14-15,25H2,1H3,(H,26,28)/b5-3+/t20-/m0/s1. The zero-order chi connectivity index (χ0) is 21.5. The Labute approximate surface area is 175 Å². The number of carbonyl (C=O) groups excluding carboxylic acids is 2. The Kier molecular flexibility index (Phi) is 7.19. The topological polar surface area (TPSA) is 84.7 Å². The Hall–Kier alpha value is -3.19. The number of nitrogens with one attached hydrogen (secondary N) is 1. The highest BCUT2D eigenvalue weighted by atomic mass is 19.1. The summed E-state index contributed by atoms with van der Waals surface area (Å²) in [6.07, 6.45) is 4.96. The first-order chi connectivity index (χ1) is 14.5. The fourth-order valence-electron chi connectivity index (χ4n) is 3.23. The molecule has 0 aromatic heterocycles. The number of amides is 2. The summed E-state index contributed by atoms with van der Waals surface area (Å²) >= 11 is 0. The number of cyclic esters (lactones) is 1. The van der Waals surface area contributed by atoms with Gasteiger partial charge in [0.1, 0.15) is 11.9 Å². The average Bonchev–Trinajstić information content (AvgIpc) is 3.11. The second kappa shape index (κ2) is 10.0. The first-order valence-electron chi connectivity index (χ1n) is 9.97. The molecule has 0 spiro atoms. The summed E-state index contributed by atoms with van der Waals surface area (Å²) in [6.45, 7) is 2.55. The Bertz CT molecular complexity index is 928. The third-order valence-corrected chi connectivity index (χ3v) is 4.82. The Morgan fingerprint density at radius 2 is 2.07 bits per heavy atom. The van der Waals surface area contributed by atoms with Crippen LogP contribution < -0.4 is 16.0 Å². The van der Waals surface area contributed by atoms with Crippen LogP contribution in [0.5, 0.6) is 0 Å². The number of anilines is 1. The van der Waals surface area contributed by atoms with Crippen molar-refractivity contribution in [1.82, 2.24) is 5.32 Å². The van der Waals surface area contributed by atoms with Gasteiger partial charge in [-0.1, -0.05) is 36.4 Å². The maximum Gasteiger partial charge on any atom is 0.414 e. The average molecular weight is 411 g/mol.